The fourth-order valence-corrected chi connectivity index (χ4v) is 2.62. The van der Waals surface area contributed by atoms with Crippen LogP contribution >= 0.6 is 0 Å². The maximum Gasteiger partial charge on any atom is 0.261 e. The molecule has 3 N–H and O–H groups in total. The van der Waals surface area contributed by atoms with Crippen LogP contribution in [-0.4, -0.2) is 21.1 Å². The second kappa shape index (κ2) is 5.72. The third-order valence-electron chi connectivity index (χ3n) is 3.82. The SMILES string of the molecule is NC(=O)c1cc2cccc(-c3nnc(-c4ccccc4)o3)c2[nH]c1=O. The van der Waals surface area contributed by atoms with Crippen LogP contribution in [0.1, 0.15) is 10.4 Å². The van der Waals surface area contributed by atoms with Gasteiger partial charge in [0.15, 0.2) is 0 Å². The maximum absolute atomic E-state index is 12.1. The first kappa shape index (κ1) is 14.8. The average molecular weight is 332 g/mol. The van der Waals surface area contributed by atoms with Crippen molar-refractivity contribution in [3.63, 3.8) is 0 Å². The number of carbonyl (C=O) groups excluding carboxylic acids is 1. The second-order valence-corrected chi connectivity index (χ2v) is 5.42. The van der Waals surface area contributed by atoms with Crippen LogP contribution in [0.2, 0.25) is 0 Å². The van der Waals surface area contributed by atoms with E-state index in [4.69, 9.17) is 10.2 Å². The molecule has 0 aliphatic rings. The van der Waals surface area contributed by atoms with E-state index in [2.05, 4.69) is 15.2 Å². The molecule has 0 atom stereocenters. The smallest absolute Gasteiger partial charge is 0.261 e. The molecule has 0 radical (unpaired) electrons. The van der Waals surface area contributed by atoms with Crippen LogP contribution in [0.5, 0.6) is 0 Å². The van der Waals surface area contributed by atoms with Crippen molar-refractivity contribution in [2.45, 2.75) is 0 Å². The van der Waals surface area contributed by atoms with E-state index in [0.29, 0.717) is 22.4 Å². The minimum absolute atomic E-state index is 0.0971. The predicted octanol–water partition coefficient (Wildman–Crippen LogP) is 2.34. The zero-order valence-corrected chi connectivity index (χ0v) is 12.9. The Labute approximate surface area is 141 Å². The van der Waals surface area contributed by atoms with Gasteiger partial charge in [-0.1, -0.05) is 30.3 Å². The lowest BCUT2D eigenvalue weighted by Crippen LogP contribution is -2.23. The third-order valence-corrected chi connectivity index (χ3v) is 3.82. The molecular formula is C18H12N4O3. The van der Waals surface area contributed by atoms with Gasteiger partial charge in [0.2, 0.25) is 11.8 Å². The topological polar surface area (TPSA) is 115 Å². The van der Waals surface area contributed by atoms with Crippen molar-refractivity contribution in [1.29, 1.82) is 0 Å². The normalized spacial score (nSPS) is 10.9. The summed E-state index contributed by atoms with van der Waals surface area (Å²) < 4.78 is 5.75. The number of primary amides is 1. The number of carbonyl (C=O) groups is 1. The Bertz CT molecular complexity index is 1150. The number of nitrogens with two attached hydrogens (primary N) is 1. The molecule has 0 saturated carbocycles. The molecule has 7 heteroatoms. The van der Waals surface area contributed by atoms with Crippen molar-refractivity contribution in [3.05, 3.63) is 70.5 Å². The van der Waals surface area contributed by atoms with E-state index in [1.807, 2.05) is 30.3 Å². The molecule has 1 amide bonds. The van der Waals surface area contributed by atoms with E-state index < -0.39 is 11.5 Å². The van der Waals surface area contributed by atoms with Gasteiger partial charge < -0.3 is 15.1 Å². The second-order valence-electron chi connectivity index (χ2n) is 5.42. The molecule has 2 heterocycles. The molecule has 0 saturated heterocycles. The van der Waals surface area contributed by atoms with E-state index in [-0.39, 0.29) is 11.5 Å². The third kappa shape index (κ3) is 2.57. The Morgan fingerprint density at radius 3 is 2.52 bits per heavy atom. The van der Waals surface area contributed by atoms with Gasteiger partial charge in [-0.05, 0) is 29.7 Å². The van der Waals surface area contributed by atoms with E-state index in [1.165, 1.54) is 6.07 Å². The van der Waals surface area contributed by atoms with Crippen molar-refractivity contribution < 1.29 is 9.21 Å². The van der Waals surface area contributed by atoms with Crippen molar-refractivity contribution in [3.8, 4) is 22.9 Å². The summed E-state index contributed by atoms with van der Waals surface area (Å²) in [6.07, 6.45) is 0. The van der Waals surface area contributed by atoms with Crippen LogP contribution in [0.4, 0.5) is 0 Å². The Morgan fingerprint density at radius 1 is 1.00 bits per heavy atom. The van der Waals surface area contributed by atoms with Crippen molar-refractivity contribution >= 4 is 16.8 Å². The van der Waals surface area contributed by atoms with Gasteiger partial charge in [-0.25, -0.2) is 0 Å². The molecule has 4 rings (SSSR count). The van der Waals surface area contributed by atoms with Gasteiger partial charge in [-0.3, -0.25) is 9.59 Å². The number of nitrogens with zero attached hydrogens (tertiary/aromatic N) is 2. The van der Waals surface area contributed by atoms with Crippen LogP contribution in [-0.2, 0) is 0 Å². The monoisotopic (exact) mass is 332 g/mol. The van der Waals surface area contributed by atoms with E-state index in [9.17, 15) is 9.59 Å². The fraction of sp³-hybridized carbons (Fsp3) is 0. The van der Waals surface area contributed by atoms with E-state index in [0.717, 1.165) is 5.56 Å². The highest BCUT2D eigenvalue weighted by Crippen LogP contribution is 2.28. The predicted molar refractivity (Wildman–Crippen MR) is 91.8 cm³/mol. The number of nitrogens with one attached hydrogen (secondary N) is 1. The van der Waals surface area contributed by atoms with Gasteiger partial charge in [0.1, 0.15) is 5.56 Å². The zero-order valence-electron chi connectivity index (χ0n) is 12.9. The number of H-pyrrole nitrogens is 1. The van der Waals surface area contributed by atoms with Crippen molar-refractivity contribution in [1.82, 2.24) is 15.2 Å². The van der Waals surface area contributed by atoms with E-state index in [1.54, 1.807) is 18.2 Å². The Morgan fingerprint density at radius 2 is 1.76 bits per heavy atom. The zero-order chi connectivity index (χ0) is 17.4. The number of rotatable bonds is 3. The number of aromatic nitrogens is 3. The summed E-state index contributed by atoms with van der Waals surface area (Å²) in [6, 6.07) is 16.1. The first-order valence-electron chi connectivity index (χ1n) is 7.48. The first-order valence-corrected chi connectivity index (χ1v) is 7.48. The molecule has 2 aromatic carbocycles. The summed E-state index contributed by atoms with van der Waals surface area (Å²) in [6.45, 7) is 0. The molecule has 0 unspecified atom stereocenters. The molecule has 0 fully saturated rings. The van der Waals surface area contributed by atoms with Gasteiger partial charge >= 0.3 is 0 Å². The molecule has 7 nitrogen and oxygen atoms in total. The average Bonchev–Trinajstić information content (AvgIpc) is 3.11. The van der Waals surface area contributed by atoms with Crippen LogP contribution < -0.4 is 11.3 Å². The number of aromatic amines is 1. The molecule has 0 bridgehead atoms. The highest BCUT2D eigenvalue weighted by molar-refractivity contribution is 5.98. The summed E-state index contributed by atoms with van der Waals surface area (Å²) in [5, 5.41) is 8.77. The van der Waals surface area contributed by atoms with Crippen LogP contribution in [0.15, 0.2) is 63.8 Å². The molecule has 0 spiro atoms. The fourth-order valence-electron chi connectivity index (χ4n) is 2.62. The highest BCUT2D eigenvalue weighted by Gasteiger charge is 2.15. The number of hydrogen-bond acceptors (Lipinski definition) is 5. The van der Waals surface area contributed by atoms with Gasteiger partial charge in [-0.15, -0.1) is 10.2 Å². The summed E-state index contributed by atoms with van der Waals surface area (Å²) in [5.74, 6) is -0.131. The maximum atomic E-state index is 12.1. The summed E-state index contributed by atoms with van der Waals surface area (Å²) in [5.41, 5.74) is 6.43. The molecule has 122 valence electrons. The highest BCUT2D eigenvalue weighted by atomic mass is 16.4. The number of para-hydroxylation sites is 1. The number of fused-ring (bicyclic) bond motifs is 1. The Kier molecular flexibility index (Phi) is 3.39. The van der Waals surface area contributed by atoms with Gasteiger partial charge in [0, 0.05) is 5.56 Å². The molecule has 0 aliphatic heterocycles. The van der Waals surface area contributed by atoms with Crippen LogP contribution in [0, 0.1) is 0 Å². The first-order chi connectivity index (χ1) is 12.1. The lowest BCUT2D eigenvalue weighted by atomic mass is 10.1. The van der Waals surface area contributed by atoms with Gasteiger partial charge in [0.05, 0.1) is 11.1 Å². The quantitative estimate of drug-likeness (QED) is 0.597. The van der Waals surface area contributed by atoms with Crippen molar-refractivity contribution in [2.75, 3.05) is 0 Å². The van der Waals surface area contributed by atoms with Gasteiger partial charge in [-0.2, -0.15) is 0 Å². The van der Waals surface area contributed by atoms with Crippen molar-refractivity contribution in [2.24, 2.45) is 5.73 Å². The number of hydrogen-bond donors (Lipinski definition) is 2. The van der Waals surface area contributed by atoms with Gasteiger partial charge in [0.25, 0.3) is 11.5 Å². The van der Waals surface area contributed by atoms with E-state index >= 15 is 0 Å². The van der Waals surface area contributed by atoms with Crippen LogP contribution in [0.3, 0.4) is 0 Å². The van der Waals surface area contributed by atoms with Crippen LogP contribution in [0.25, 0.3) is 33.8 Å². The molecule has 0 aliphatic carbocycles. The summed E-state index contributed by atoms with van der Waals surface area (Å²) >= 11 is 0. The lowest BCUT2D eigenvalue weighted by Gasteiger charge is -2.04. The lowest BCUT2D eigenvalue weighted by molar-refractivity contribution is 0.0999. The number of benzene rings is 2. The molecule has 4 aromatic rings. The number of amides is 1. The molecular weight excluding hydrogens is 320 g/mol. The molecule has 25 heavy (non-hydrogen) atoms. The standard InChI is InChI=1S/C18H12N4O3/c19-15(23)13-9-11-7-4-8-12(14(11)20-16(13)24)18-22-21-17(25-18)10-5-2-1-3-6-10/h1-9H,(H2,19,23)(H,20,24). The number of pyridine rings is 1. The summed E-state index contributed by atoms with van der Waals surface area (Å²) in [4.78, 5) is 26.1. The molecule has 2 aromatic heterocycles. The minimum atomic E-state index is -0.780. The Balaban J connectivity index is 1.88. The minimum Gasteiger partial charge on any atom is -0.416 e. The largest absolute Gasteiger partial charge is 0.416 e. The Hall–Kier alpha value is -3.74. The summed E-state index contributed by atoms with van der Waals surface area (Å²) in [7, 11) is 0.